The molecule has 6 nitrogen and oxygen atoms in total. The largest absolute Gasteiger partial charge is 0.399 e. The first kappa shape index (κ1) is 15.5. The molecule has 0 unspecified atom stereocenters. The Morgan fingerprint density at radius 1 is 1.38 bits per heavy atom. The highest BCUT2D eigenvalue weighted by atomic mass is 32.2. The average Bonchev–Trinajstić information content (AvgIpc) is 2.84. The molecule has 0 aliphatic carbocycles. The van der Waals surface area contributed by atoms with Crippen LogP contribution in [-0.4, -0.2) is 24.7 Å². The Bertz CT molecular complexity index is 722. The number of nitrogens with two attached hydrogens (primary N) is 1. The maximum atomic E-state index is 12.4. The summed E-state index contributed by atoms with van der Waals surface area (Å²) < 4.78 is 29.1. The van der Waals surface area contributed by atoms with Crippen molar-refractivity contribution in [2.45, 2.75) is 24.7 Å². The monoisotopic (exact) mass is 308 g/mol. The molecule has 0 aliphatic rings. The molecule has 1 heterocycles. The Kier molecular flexibility index (Phi) is 4.64. The highest BCUT2D eigenvalue weighted by Crippen LogP contribution is 2.19. The van der Waals surface area contributed by atoms with Crippen LogP contribution in [0.3, 0.4) is 0 Å². The Hall–Kier alpha value is -1.86. The fourth-order valence-electron chi connectivity index (χ4n) is 2.12. The van der Waals surface area contributed by atoms with Crippen LogP contribution in [0.15, 0.2) is 35.5 Å². The van der Waals surface area contributed by atoms with Crippen LogP contribution in [-0.2, 0) is 29.9 Å². The zero-order chi connectivity index (χ0) is 15.5. The van der Waals surface area contributed by atoms with Crippen LogP contribution in [0.4, 0.5) is 5.69 Å². The van der Waals surface area contributed by atoms with Crippen molar-refractivity contribution in [3.8, 4) is 0 Å². The summed E-state index contributed by atoms with van der Waals surface area (Å²) in [5.41, 5.74) is 7.89. The van der Waals surface area contributed by atoms with E-state index in [1.807, 2.05) is 20.2 Å². The van der Waals surface area contributed by atoms with Crippen LogP contribution in [0.5, 0.6) is 0 Å². The predicted octanol–water partition coefficient (Wildman–Crippen LogP) is 1.09. The molecule has 2 rings (SSSR count). The predicted molar refractivity (Wildman–Crippen MR) is 82.3 cm³/mol. The maximum Gasteiger partial charge on any atom is 0.240 e. The smallest absolute Gasteiger partial charge is 0.240 e. The summed E-state index contributed by atoms with van der Waals surface area (Å²) in [5, 5.41) is 4.05. The highest BCUT2D eigenvalue weighted by molar-refractivity contribution is 7.89. The van der Waals surface area contributed by atoms with E-state index in [2.05, 4.69) is 9.82 Å². The Morgan fingerprint density at radius 3 is 2.76 bits per heavy atom. The minimum absolute atomic E-state index is 0.260. The normalized spacial score (nSPS) is 11.7. The van der Waals surface area contributed by atoms with E-state index < -0.39 is 10.0 Å². The molecule has 7 heteroatoms. The number of hydrogen-bond acceptors (Lipinski definition) is 4. The van der Waals surface area contributed by atoms with E-state index in [9.17, 15) is 8.42 Å². The highest BCUT2D eigenvalue weighted by Gasteiger charge is 2.17. The lowest BCUT2D eigenvalue weighted by atomic mass is 10.1. The van der Waals surface area contributed by atoms with Gasteiger partial charge in [-0.1, -0.05) is 13.0 Å². The minimum Gasteiger partial charge on any atom is -0.399 e. The van der Waals surface area contributed by atoms with Gasteiger partial charge in [0.2, 0.25) is 10.0 Å². The average molecular weight is 308 g/mol. The standard InChI is InChI=1S/C14H20N4O2S/c1-3-12-4-5-13(15)8-14(12)21(19,20)17-7-6-11-9-16-18(2)10-11/h4-5,8-10,17H,3,6-7,15H2,1-2H3. The summed E-state index contributed by atoms with van der Waals surface area (Å²) in [5.74, 6) is 0. The molecule has 1 aromatic heterocycles. The SMILES string of the molecule is CCc1ccc(N)cc1S(=O)(=O)NCCc1cnn(C)c1. The third kappa shape index (κ3) is 3.83. The number of sulfonamides is 1. The van der Waals surface area contributed by atoms with Gasteiger partial charge in [0.15, 0.2) is 0 Å². The quantitative estimate of drug-likeness (QED) is 0.782. The number of aromatic nitrogens is 2. The van der Waals surface area contributed by atoms with Crippen LogP contribution >= 0.6 is 0 Å². The molecular formula is C14H20N4O2S. The van der Waals surface area contributed by atoms with Gasteiger partial charge in [0, 0.05) is 25.5 Å². The molecule has 0 amide bonds. The first-order chi connectivity index (χ1) is 9.92. The van der Waals surface area contributed by atoms with Gasteiger partial charge in [-0.25, -0.2) is 13.1 Å². The van der Waals surface area contributed by atoms with Crippen LogP contribution in [0.25, 0.3) is 0 Å². The molecule has 3 N–H and O–H groups in total. The van der Waals surface area contributed by atoms with Gasteiger partial charge in [0.1, 0.15) is 0 Å². The van der Waals surface area contributed by atoms with Gasteiger partial charge >= 0.3 is 0 Å². The van der Waals surface area contributed by atoms with E-state index in [4.69, 9.17) is 5.73 Å². The van der Waals surface area contributed by atoms with E-state index in [0.717, 1.165) is 11.1 Å². The van der Waals surface area contributed by atoms with Gasteiger partial charge in [-0.05, 0) is 36.1 Å². The summed E-state index contributed by atoms with van der Waals surface area (Å²) in [7, 11) is -1.72. The molecule has 0 aliphatic heterocycles. The zero-order valence-electron chi connectivity index (χ0n) is 12.2. The molecule has 1 aromatic carbocycles. The van der Waals surface area contributed by atoms with E-state index in [1.54, 1.807) is 23.0 Å². The molecular weight excluding hydrogens is 288 g/mol. The lowest BCUT2D eigenvalue weighted by molar-refractivity contribution is 0.580. The van der Waals surface area contributed by atoms with Gasteiger partial charge in [-0.15, -0.1) is 0 Å². The van der Waals surface area contributed by atoms with Crippen LogP contribution in [0, 0.1) is 0 Å². The summed E-state index contributed by atoms with van der Waals surface area (Å²) in [6.45, 7) is 2.24. The molecule has 0 radical (unpaired) electrons. The first-order valence-corrected chi connectivity index (χ1v) is 8.26. The topological polar surface area (TPSA) is 90.0 Å². The molecule has 21 heavy (non-hydrogen) atoms. The number of aryl methyl sites for hydroxylation is 2. The molecule has 0 saturated heterocycles. The summed E-state index contributed by atoms with van der Waals surface area (Å²) in [6.07, 6.45) is 4.83. The zero-order valence-corrected chi connectivity index (χ0v) is 13.0. The van der Waals surface area contributed by atoms with Gasteiger partial charge in [0.05, 0.1) is 11.1 Å². The molecule has 2 aromatic rings. The Morgan fingerprint density at radius 2 is 2.14 bits per heavy atom. The van der Waals surface area contributed by atoms with Gasteiger partial charge in [0.25, 0.3) is 0 Å². The Labute approximate surface area is 125 Å². The summed E-state index contributed by atoms with van der Waals surface area (Å²) >= 11 is 0. The van der Waals surface area contributed by atoms with Crippen molar-refractivity contribution in [3.63, 3.8) is 0 Å². The van der Waals surface area contributed by atoms with Crippen molar-refractivity contribution < 1.29 is 8.42 Å². The number of benzene rings is 1. The van der Waals surface area contributed by atoms with Crippen molar-refractivity contribution in [1.82, 2.24) is 14.5 Å². The number of hydrogen-bond donors (Lipinski definition) is 2. The maximum absolute atomic E-state index is 12.4. The molecule has 0 fully saturated rings. The number of anilines is 1. The third-order valence-corrected chi connectivity index (χ3v) is 4.77. The number of nitrogens with one attached hydrogen (secondary N) is 1. The van der Waals surface area contributed by atoms with Crippen LogP contribution in [0.1, 0.15) is 18.1 Å². The van der Waals surface area contributed by atoms with Gasteiger partial charge in [-0.3, -0.25) is 4.68 Å². The molecule has 0 bridgehead atoms. The van der Waals surface area contributed by atoms with Crippen LogP contribution in [0.2, 0.25) is 0 Å². The van der Waals surface area contributed by atoms with Gasteiger partial charge < -0.3 is 5.73 Å². The van der Waals surface area contributed by atoms with Crippen LogP contribution < -0.4 is 10.5 Å². The fourth-order valence-corrected chi connectivity index (χ4v) is 3.50. The fraction of sp³-hybridized carbons (Fsp3) is 0.357. The molecule has 0 spiro atoms. The van der Waals surface area contributed by atoms with E-state index >= 15 is 0 Å². The second-order valence-corrected chi connectivity index (χ2v) is 6.63. The van der Waals surface area contributed by atoms with Gasteiger partial charge in [-0.2, -0.15) is 5.10 Å². The van der Waals surface area contributed by atoms with Crippen molar-refractivity contribution >= 4 is 15.7 Å². The summed E-state index contributed by atoms with van der Waals surface area (Å²) in [4.78, 5) is 0.260. The number of nitrogens with zero attached hydrogens (tertiary/aromatic N) is 2. The van der Waals surface area contributed by atoms with Crippen molar-refractivity contribution in [3.05, 3.63) is 41.7 Å². The minimum atomic E-state index is -3.55. The first-order valence-electron chi connectivity index (χ1n) is 6.78. The summed E-state index contributed by atoms with van der Waals surface area (Å²) in [6, 6.07) is 4.98. The third-order valence-electron chi connectivity index (χ3n) is 3.23. The molecule has 0 atom stereocenters. The van der Waals surface area contributed by atoms with Crippen molar-refractivity contribution in [1.29, 1.82) is 0 Å². The second-order valence-electron chi connectivity index (χ2n) is 4.89. The number of nitrogen functional groups attached to an aromatic ring is 1. The van der Waals surface area contributed by atoms with E-state index in [1.165, 1.54) is 6.07 Å². The Balaban J connectivity index is 2.09. The molecule has 0 saturated carbocycles. The van der Waals surface area contributed by atoms with Crippen molar-refractivity contribution in [2.24, 2.45) is 7.05 Å². The second kappa shape index (κ2) is 6.28. The van der Waals surface area contributed by atoms with E-state index in [-0.39, 0.29) is 4.90 Å². The lowest BCUT2D eigenvalue weighted by Gasteiger charge is -2.11. The van der Waals surface area contributed by atoms with Crippen molar-refractivity contribution in [2.75, 3.05) is 12.3 Å². The molecule has 114 valence electrons. The lowest BCUT2D eigenvalue weighted by Crippen LogP contribution is -2.27. The number of rotatable bonds is 6. The van der Waals surface area contributed by atoms with E-state index in [0.29, 0.717) is 25.1 Å².